The summed E-state index contributed by atoms with van der Waals surface area (Å²) in [4.78, 5) is 45.9. The average molecular weight is 834 g/mol. The molecule has 0 aromatic heterocycles. The van der Waals surface area contributed by atoms with Crippen LogP contribution in [-0.4, -0.2) is 64.9 Å². The second kappa shape index (κ2) is 41.2. The summed E-state index contributed by atoms with van der Waals surface area (Å²) in [7, 11) is -4.75. The van der Waals surface area contributed by atoms with Crippen LogP contribution in [0.5, 0.6) is 0 Å². The number of carbonyl (C=O) groups is 3. The molecule has 0 aromatic carbocycles. The molecular weight excluding hydrogens is 745 g/mol. The number of carboxylic acids is 1. The maximum atomic E-state index is 12.3. The van der Waals surface area contributed by atoms with Gasteiger partial charge in [-0.3, -0.25) is 18.6 Å². The lowest BCUT2D eigenvalue weighted by atomic mass is 10.0. The van der Waals surface area contributed by atoms with Gasteiger partial charge in [0.2, 0.25) is 5.91 Å². The van der Waals surface area contributed by atoms with Crippen molar-refractivity contribution >= 4 is 25.7 Å². The minimum Gasteiger partial charge on any atom is -0.480 e. The summed E-state index contributed by atoms with van der Waals surface area (Å²) in [5.41, 5.74) is 0. The van der Waals surface area contributed by atoms with Crippen molar-refractivity contribution in [3.8, 4) is 0 Å². The third-order valence-corrected chi connectivity index (χ3v) is 11.6. The van der Waals surface area contributed by atoms with E-state index in [1.54, 1.807) is 0 Å². The van der Waals surface area contributed by atoms with Gasteiger partial charge in [0.1, 0.15) is 12.7 Å². The molecule has 1 amide bonds. The number of rotatable bonds is 45. The first-order valence-corrected chi connectivity index (χ1v) is 25.1. The molecule has 0 rings (SSSR count). The molecule has 4 N–H and O–H groups in total. The van der Waals surface area contributed by atoms with E-state index in [0.29, 0.717) is 12.8 Å². The Bertz CT molecular complexity index is 984. The first kappa shape index (κ1) is 55.5. The van der Waals surface area contributed by atoms with Gasteiger partial charge in [0.25, 0.3) is 0 Å². The van der Waals surface area contributed by atoms with Gasteiger partial charge in [-0.15, -0.1) is 0 Å². The summed E-state index contributed by atoms with van der Waals surface area (Å²) in [5, 5.41) is 21.8. The number of phosphoric ester groups is 1. The molecule has 3 atom stereocenters. The molecule has 0 aliphatic carbocycles. The zero-order chi connectivity index (χ0) is 42.1. The lowest BCUT2D eigenvalue weighted by Crippen LogP contribution is -2.43. The SMILES string of the molecule is CCCCCCCCCCCCCCCCCCCCCCC(=O)OCC(O)COP(=O)(O)OCC(NC(=O)CCCCCCCCCCCCCCC)C(=O)O. The van der Waals surface area contributed by atoms with Crippen LogP contribution in [0, 0.1) is 0 Å². The monoisotopic (exact) mass is 834 g/mol. The number of aliphatic hydroxyl groups excluding tert-OH is 1. The highest BCUT2D eigenvalue weighted by atomic mass is 31.2. The number of hydrogen-bond donors (Lipinski definition) is 4. The lowest BCUT2D eigenvalue weighted by molar-refractivity contribution is -0.147. The summed E-state index contributed by atoms with van der Waals surface area (Å²) in [6, 6.07) is -1.54. The third-order valence-electron chi connectivity index (χ3n) is 10.6. The van der Waals surface area contributed by atoms with Crippen molar-refractivity contribution in [3.05, 3.63) is 0 Å². The van der Waals surface area contributed by atoms with Gasteiger partial charge in [-0.1, -0.05) is 213 Å². The molecule has 0 aliphatic heterocycles. The van der Waals surface area contributed by atoms with E-state index in [0.717, 1.165) is 38.5 Å². The number of ether oxygens (including phenoxy) is 1. The van der Waals surface area contributed by atoms with E-state index in [1.807, 2.05) is 0 Å². The van der Waals surface area contributed by atoms with Gasteiger partial charge in [-0.05, 0) is 12.8 Å². The Morgan fingerprint density at radius 2 is 0.807 bits per heavy atom. The molecule has 0 radical (unpaired) electrons. The van der Waals surface area contributed by atoms with Crippen molar-refractivity contribution in [1.29, 1.82) is 0 Å². The normalized spacial score (nSPS) is 13.6. The van der Waals surface area contributed by atoms with Gasteiger partial charge >= 0.3 is 19.8 Å². The van der Waals surface area contributed by atoms with Crippen molar-refractivity contribution < 1.29 is 47.8 Å². The molecule has 0 spiro atoms. The highest BCUT2D eigenvalue weighted by Gasteiger charge is 2.28. The second-order valence-electron chi connectivity index (χ2n) is 16.3. The average Bonchev–Trinajstić information content (AvgIpc) is 3.18. The van der Waals surface area contributed by atoms with E-state index in [1.165, 1.54) is 161 Å². The van der Waals surface area contributed by atoms with E-state index in [-0.39, 0.29) is 12.8 Å². The number of nitrogens with one attached hydrogen (secondary N) is 1. The zero-order valence-corrected chi connectivity index (χ0v) is 37.6. The van der Waals surface area contributed by atoms with Crippen LogP contribution in [0.4, 0.5) is 0 Å². The number of esters is 1. The van der Waals surface area contributed by atoms with E-state index in [4.69, 9.17) is 13.8 Å². The smallest absolute Gasteiger partial charge is 0.472 e. The van der Waals surface area contributed by atoms with Crippen LogP contribution in [0.25, 0.3) is 0 Å². The molecule has 12 heteroatoms. The van der Waals surface area contributed by atoms with Gasteiger partial charge in [0.15, 0.2) is 6.04 Å². The maximum absolute atomic E-state index is 12.3. The fourth-order valence-electron chi connectivity index (χ4n) is 6.96. The van der Waals surface area contributed by atoms with Crippen LogP contribution in [0.2, 0.25) is 0 Å². The Labute approximate surface area is 348 Å². The van der Waals surface area contributed by atoms with Gasteiger partial charge < -0.3 is 25.2 Å². The number of carbonyl (C=O) groups excluding carboxylic acids is 2. The van der Waals surface area contributed by atoms with Crippen molar-refractivity contribution in [1.82, 2.24) is 5.32 Å². The van der Waals surface area contributed by atoms with Crippen molar-refractivity contribution in [3.63, 3.8) is 0 Å². The maximum Gasteiger partial charge on any atom is 0.472 e. The molecule has 0 aromatic rings. The van der Waals surface area contributed by atoms with Gasteiger partial charge in [0, 0.05) is 12.8 Å². The fraction of sp³-hybridized carbons (Fsp3) is 0.933. The highest BCUT2D eigenvalue weighted by molar-refractivity contribution is 7.47. The van der Waals surface area contributed by atoms with Gasteiger partial charge in [-0.2, -0.15) is 0 Å². The molecule has 338 valence electrons. The van der Waals surface area contributed by atoms with Gasteiger partial charge in [-0.25, -0.2) is 9.36 Å². The first-order chi connectivity index (χ1) is 27.6. The molecule has 0 saturated heterocycles. The van der Waals surface area contributed by atoms with Gasteiger partial charge in [0.05, 0.1) is 13.2 Å². The highest BCUT2D eigenvalue weighted by Crippen LogP contribution is 2.43. The van der Waals surface area contributed by atoms with E-state index >= 15 is 0 Å². The number of amides is 1. The molecule has 3 unspecified atom stereocenters. The number of aliphatic hydroxyl groups is 1. The minimum absolute atomic E-state index is 0.152. The Hall–Kier alpha value is -1.52. The molecule has 0 heterocycles. The third kappa shape index (κ3) is 41.0. The Kier molecular flexibility index (Phi) is 40.1. The topological polar surface area (TPSA) is 169 Å². The van der Waals surface area contributed by atoms with Crippen molar-refractivity contribution in [2.24, 2.45) is 0 Å². The minimum atomic E-state index is -4.75. The van der Waals surface area contributed by atoms with E-state index < -0.39 is 57.6 Å². The number of carboxylic acid groups (broad SMARTS) is 1. The van der Waals surface area contributed by atoms with E-state index in [2.05, 4.69) is 19.2 Å². The summed E-state index contributed by atoms with van der Waals surface area (Å²) >= 11 is 0. The van der Waals surface area contributed by atoms with E-state index in [9.17, 15) is 34.1 Å². The first-order valence-electron chi connectivity index (χ1n) is 23.6. The largest absolute Gasteiger partial charge is 0.480 e. The molecule has 0 saturated carbocycles. The Balaban J connectivity index is 3.79. The summed E-state index contributed by atoms with van der Waals surface area (Å²) in [5.74, 6) is -2.35. The lowest BCUT2D eigenvalue weighted by Gasteiger charge is -2.18. The van der Waals surface area contributed by atoms with Crippen LogP contribution in [0.15, 0.2) is 0 Å². The summed E-state index contributed by atoms with van der Waals surface area (Å²) in [6.45, 7) is 2.63. The zero-order valence-electron chi connectivity index (χ0n) is 36.7. The molecule has 0 aliphatic rings. The molecule has 0 fully saturated rings. The number of aliphatic carboxylic acids is 1. The Morgan fingerprint density at radius 3 is 1.16 bits per heavy atom. The number of phosphoric acid groups is 1. The van der Waals surface area contributed by atoms with Crippen LogP contribution < -0.4 is 5.32 Å². The number of hydrogen-bond acceptors (Lipinski definition) is 8. The standard InChI is InChI=1S/C45H88NO10P/c1-3-5-7-9-11-13-15-17-18-19-20-21-22-23-25-27-29-31-33-35-37-44(49)54-38-41(47)39-55-57(52,53)56-40-42(45(50)51)46-43(48)36-34-32-30-28-26-24-16-14-12-10-8-6-4-2/h41-42,47H,3-40H2,1-2H3,(H,46,48)(H,50,51)(H,52,53). The molecule has 11 nitrogen and oxygen atoms in total. The fourth-order valence-corrected chi connectivity index (χ4v) is 7.74. The molecule has 0 bridgehead atoms. The van der Waals surface area contributed by atoms with Crippen molar-refractivity contribution in [2.75, 3.05) is 19.8 Å². The second-order valence-corrected chi connectivity index (χ2v) is 17.8. The predicted octanol–water partition coefficient (Wildman–Crippen LogP) is 12.3. The molecule has 57 heavy (non-hydrogen) atoms. The van der Waals surface area contributed by atoms with Crippen LogP contribution in [0.3, 0.4) is 0 Å². The van der Waals surface area contributed by atoms with Crippen LogP contribution >= 0.6 is 7.82 Å². The Morgan fingerprint density at radius 1 is 0.491 bits per heavy atom. The van der Waals surface area contributed by atoms with Crippen molar-refractivity contribution in [2.45, 2.75) is 251 Å². The summed E-state index contributed by atoms with van der Waals surface area (Å²) in [6.07, 6.45) is 39.9. The summed E-state index contributed by atoms with van der Waals surface area (Å²) < 4.78 is 26.9. The predicted molar refractivity (Wildman–Crippen MR) is 231 cm³/mol. The van der Waals surface area contributed by atoms with Crippen LogP contribution in [-0.2, 0) is 32.7 Å². The molecular formula is C45H88NO10P. The van der Waals surface area contributed by atoms with Crippen LogP contribution in [0.1, 0.15) is 239 Å². The quantitative estimate of drug-likeness (QED) is 0.0263. The number of unbranched alkanes of at least 4 members (excludes halogenated alkanes) is 31.